The van der Waals surface area contributed by atoms with Crippen molar-refractivity contribution in [2.24, 2.45) is 5.41 Å². The van der Waals surface area contributed by atoms with Crippen molar-refractivity contribution in [1.29, 1.82) is 5.26 Å². The Kier molecular flexibility index (Phi) is 8.13. The van der Waals surface area contributed by atoms with Crippen molar-refractivity contribution in [1.82, 2.24) is 9.97 Å². The monoisotopic (exact) mass is 379 g/mol. The summed E-state index contributed by atoms with van der Waals surface area (Å²) in [5.41, 5.74) is 0.884. The van der Waals surface area contributed by atoms with Crippen molar-refractivity contribution in [3.8, 4) is 23.2 Å². The van der Waals surface area contributed by atoms with E-state index in [1.54, 1.807) is 19.1 Å². The number of carbonyl (C=O) groups is 1. The third-order valence-corrected chi connectivity index (χ3v) is 4.79. The Morgan fingerprint density at radius 1 is 1.07 bits per heavy atom. The average molecular weight is 380 g/mol. The molecule has 0 radical (unpaired) electrons. The first-order valence-corrected chi connectivity index (χ1v) is 10.1. The summed E-state index contributed by atoms with van der Waals surface area (Å²) in [5.74, 6) is 0.537. The maximum atomic E-state index is 12.3. The van der Waals surface area contributed by atoms with E-state index in [-0.39, 0.29) is 0 Å². The predicted octanol–water partition coefficient (Wildman–Crippen LogP) is 5.50. The van der Waals surface area contributed by atoms with E-state index in [1.807, 2.05) is 31.5 Å². The van der Waals surface area contributed by atoms with Gasteiger partial charge in [-0.05, 0) is 56.0 Å². The number of unbranched alkanes of at least 4 members (excludes halogenated alkanes) is 3. The first-order valence-electron chi connectivity index (χ1n) is 10.1. The number of hydrogen-bond acceptors (Lipinski definition) is 5. The molecule has 5 heteroatoms. The van der Waals surface area contributed by atoms with Crippen LogP contribution in [0.4, 0.5) is 0 Å². The van der Waals surface area contributed by atoms with Crippen LogP contribution in [0.15, 0.2) is 36.7 Å². The van der Waals surface area contributed by atoms with Gasteiger partial charge in [-0.1, -0.05) is 39.5 Å². The van der Waals surface area contributed by atoms with Crippen LogP contribution in [-0.4, -0.2) is 15.9 Å². The molecule has 1 heterocycles. The minimum absolute atomic E-state index is 0.416. The van der Waals surface area contributed by atoms with Crippen molar-refractivity contribution in [2.45, 2.75) is 65.7 Å². The zero-order chi connectivity index (χ0) is 20.4. The molecule has 1 unspecified atom stereocenters. The van der Waals surface area contributed by atoms with E-state index < -0.39 is 11.4 Å². The van der Waals surface area contributed by atoms with Crippen molar-refractivity contribution >= 4 is 5.97 Å². The topological polar surface area (TPSA) is 75.9 Å². The first-order chi connectivity index (χ1) is 13.5. The molecule has 0 saturated heterocycles. The zero-order valence-corrected chi connectivity index (χ0v) is 17.1. The number of ether oxygens (including phenoxy) is 1. The molecule has 0 aliphatic rings. The number of aryl methyl sites for hydroxylation is 1. The van der Waals surface area contributed by atoms with E-state index in [0.717, 1.165) is 30.4 Å². The van der Waals surface area contributed by atoms with Crippen LogP contribution in [0.1, 0.15) is 64.9 Å². The number of nitrogens with zero attached hydrogens (tertiary/aromatic N) is 3. The van der Waals surface area contributed by atoms with Crippen LogP contribution in [-0.2, 0) is 11.2 Å². The number of hydrogen-bond donors (Lipinski definition) is 0. The second-order valence-corrected chi connectivity index (χ2v) is 7.33. The quantitative estimate of drug-likeness (QED) is 0.309. The van der Waals surface area contributed by atoms with Crippen molar-refractivity contribution < 1.29 is 9.53 Å². The van der Waals surface area contributed by atoms with E-state index in [0.29, 0.717) is 18.0 Å². The molecule has 148 valence electrons. The molecule has 0 fully saturated rings. The summed E-state index contributed by atoms with van der Waals surface area (Å²) in [6.45, 7) is 5.76. The van der Waals surface area contributed by atoms with Gasteiger partial charge in [-0.3, -0.25) is 0 Å². The highest BCUT2D eigenvalue weighted by Gasteiger charge is 2.34. The fourth-order valence-corrected chi connectivity index (χ4v) is 2.98. The van der Waals surface area contributed by atoms with Gasteiger partial charge in [0.2, 0.25) is 0 Å². The summed E-state index contributed by atoms with van der Waals surface area (Å²) in [6.07, 6.45) is 10.9. The molecule has 2 aromatic rings. The third kappa shape index (κ3) is 5.88. The molecule has 0 aliphatic heterocycles. The lowest BCUT2D eigenvalue weighted by atomic mass is 9.87. The minimum atomic E-state index is -1.12. The van der Waals surface area contributed by atoms with Crippen LogP contribution in [0.25, 0.3) is 11.4 Å². The molecule has 28 heavy (non-hydrogen) atoms. The van der Waals surface area contributed by atoms with E-state index in [4.69, 9.17) is 4.74 Å². The fourth-order valence-electron chi connectivity index (χ4n) is 2.98. The van der Waals surface area contributed by atoms with E-state index in [2.05, 4.69) is 23.0 Å². The predicted molar refractivity (Wildman–Crippen MR) is 110 cm³/mol. The van der Waals surface area contributed by atoms with Gasteiger partial charge < -0.3 is 4.74 Å². The summed E-state index contributed by atoms with van der Waals surface area (Å²) < 4.78 is 5.39. The van der Waals surface area contributed by atoms with Gasteiger partial charge in [0.25, 0.3) is 0 Å². The maximum Gasteiger partial charge on any atom is 0.331 e. The molecule has 0 amide bonds. The molecule has 1 atom stereocenters. The highest BCUT2D eigenvalue weighted by atomic mass is 16.5. The lowest BCUT2D eigenvalue weighted by Gasteiger charge is -2.18. The van der Waals surface area contributed by atoms with E-state index in [9.17, 15) is 10.1 Å². The van der Waals surface area contributed by atoms with Crippen molar-refractivity contribution in [3.05, 3.63) is 42.2 Å². The first kappa shape index (κ1) is 21.6. The van der Waals surface area contributed by atoms with Gasteiger partial charge in [-0.15, -0.1) is 0 Å². The molecular formula is C23H29N3O2. The largest absolute Gasteiger partial charge is 0.425 e. The maximum absolute atomic E-state index is 12.3. The second kappa shape index (κ2) is 10.6. The lowest BCUT2D eigenvalue weighted by Crippen LogP contribution is -2.30. The van der Waals surface area contributed by atoms with Crippen LogP contribution in [0.3, 0.4) is 0 Å². The number of rotatable bonds is 10. The molecule has 0 bridgehead atoms. The number of nitriles is 1. The van der Waals surface area contributed by atoms with Gasteiger partial charge in [0.05, 0.1) is 6.07 Å². The molecule has 5 nitrogen and oxygen atoms in total. The normalized spacial score (nSPS) is 12.8. The Hall–Kier alpha value is -2.74. The third-order valence-electron chi connectivity index (χ3n) is 4.79. The molecule has 1 aromatic carbocycles. The molecular weight excluding hydrogens is 350 g/mol. The number of benzene rings is 1. The summed E-state index contributed by atoms with van der Waals surface area (Å²) in [4.78, 5) is 21.2. The fraction of sp³-hybridized carbons (Fsp3) is 0.478. The standard InChI is InChI=1S/C23H29N3O2/c1-4-6-7-8-9-18-15-25-21(26-16-18)19-10-12-20(13-11-19)28-22(27)23(3,17-24)14-5-2/h10-13,15-16H,4-9,14H2,1-3H3. The van der Waals surface area contributed by atoms with Gasteiger partial charge in [0.1, 0.15) is 5.75 Å². The summed E-state index contributed by atoms with van der Waals surface area (Å²) in [5, 5.41) is 9.29. The molecule has 0 spiro atoms. The Morgan fingerprint density at radius 2 is 1.75 bits per heavy atom. The Balaban J connectivity index is 1.98. The van der Waals surface area contributed by atoms with Crippen LogP contribution >= 0.6 is 0 Å². The number of esters is 1. The number of aromatic nitrogens is 2. The van der Waals surface area contributed by atoms with Crippen molar-refractivity contribution in [2.75, 3.05) is 0 Å². The highest BCUT2D eigenvalue weighted by molar-refractivity contribution is 5.81. The summed E-state index contributed by atoms with van der Waals surface area (Å²) in [7, 11) is 0. The Labute approximate surface area is 167 Å². The van der Waals surface area contributed by atoms with Crippen LogP contribution < -0.4 is 4.74 Å². The second-order valence-electron chi connectivity index (χ2n) is 7.33. The lowest BCUT2D eigenvalue weighted by molar-refractivity contribution is -0.142. The van der Waals surface area contributed by atoms with Crippen LogP contribution in [0.5, 0.6) is 5.75 Å². The zero-order valence-electron chi connectivity index (χ0n) is 17.1. The molecule has 2 rings (SSSR count). The van der Waals surface area contributed by atoms with E-state index in [1.165, 1.54) is 19.3 Å². The van der Waals surface area contributed by atoms with Gasteiger partial charge in [0.15, 0.2) is 11.2 Å². The smallest absolute Gasteiger partial charge is 0.331 e. The number of carbonyl (C=O) groups excluding carboxylic acids is 1. The molecule has 0 aliphatic carbocycles. The molecule has 0 N–H and O–H groups in total. The minimum Gasteiger partial charge on any atom is -0.425 e. The Morgan fingerprint density at radius 3 is 2.32 bits per heavy atom. The van der Waals surface area contributed by atoms with Crippen LogP contribution in [0, 0.1) is 16.7 Å². The molecule has 0 saturated carbocycles. The van der Waals surface area contributed by atoms with Gasteiger partial charge >= 0.3 is 5.97 Å². The summed E-state index contributed by atoms with van der Waals surface area (Å²) in [6, 6.07) is 9.13. The highest BCUT2D eigenvalue weighted by Crippen LogP contribution is 2.26. The van der Waals surface area contributed by atoms with Crippen molar-refractivity contribution in [3.63, 3.8) is 0 Å². The average Bonchev–Trinajstić information content (AvgIpc) is 2.72. The van der Waals surface area contributed by atoms with E-state index >= 15 is 0 Å². The Bertz CT molecular complexity index is 794. The van der Waals surface area contributed by atoms with Gasteiger partial charge in [-0.25, -0.2) is 14.8 Å². The summed E-state index contributed by atoms with van der Waals surface area (Å²) >= 11 is 0. The van der Waals surface area contributed by atoms with Gasteiger partial charge in [0, 0.05) is 18.0 Å². The molecule has 1 aromatic heterocycles. The van der Waals surface area contributed by atoms with Crippen LogP contribution in [0.2, 0.25) is 0 Å². The van der Waals surface area contributed by atoms with Gasteiger partial charge in [-0.2, -0.15) is 5.26 Å². The SMILES string of the molecule is CCCCCCc1cnc(-c2ccc(OC(=O)C(C)(C#N)CCC)cc2)nc1.